The van der Waals surface area contributed by atoms with E-state index in [0.717, 1.165) is 253 Å². The Balaban J connectivity index is 0.00000121. The summed E-state index contributed by atoms with van der Waals surface area (Å²) < 4.78 is 21.8. The van der Waals surface area contributed by atoms with Crippen molar-refractivity contribution in [3.05, 3.63) is 142 Å². The van der Waals surface area contributed by atoms with Crippen LogP contribution in [0.5, 0.6) is 0 Å². The first-order valence-corrected chi connectivity index (χ1v) is 36.3. The van der Waals surface area contributed by atoms with Crippen LogP contribution in [0.1, 0.15) is 333 Å². The van der Waals surface area contributed by atoms with E-state index in [0.29, 0.717) is 0 Å². The summed E-state index contributed by atoms with van der Waals surface area (Å²) in [6.45, 7) is 25.6. The number of unbranched alkanes of at least 4 members (excludes halogenated alkanes) is 12. The van der Waals surface area contributed by atoms with E-state index < -0.39 is 47.0 Å². The minimum atomic E-state index is -1.41. The van der Waals surface area contributed by atoms with E-state index >= 15 is 0 Å². The largest absolute Gasteiger partial charge is 4.00 e. The topological polar surface area (TPSA) is 197 Å². The Morgan fingerprint density at radius 2 is 0.398 bits per heavy atom. The van der Waals surface area contributed by atoms with Gasteiger partial charge < -0.3 is 58.6 Å². The van der Waals surface area contributed by atoms with Crippen LogP contribution >= 0.6 is 0 Å². The molecule has 0 amide bonds. The van der Waals surface area contributed by atoms with Crippen molar-refractivity contribution < 1.29 is 58.6 Å². The molecule has 0 atom stereocenters. The second-order valence-electron chi connectivity index (χ2n) is 25.3. The summed E-state index contributed by atoms with van der Waals surface area (Å²) in [6, 6.07) is 32.6. The molecular weight excluding hydrogens is 1270 g/mol. The summed E-state index contributed by atoms with van der Waals surface area (Å²) in [6.07, 6.45) is 28.5. The summed E-state index contributed by atoms with van der Waals surface area (Å²) in [5.41, 5.74) is 5.99. The van der Waals surface area contributed by atoms with Crippen LogP contribution < -0.4 is 20.4 Å². The molecule has 4 aromatic rings. The van der Waals surface area contributed by atoms with E-state index in [1.807, 2.05) is 72.8 Å². The zero-order chi connectivity index (χ0) is 68.5. The van der Waals surface area contributed by atoms with Crippen molar-refractivity contribution in [1.29, 1.82) is 0 Å². The van der Waals surface area contributed by atoms with E-state index in [1.54, 1.807) is 0 Å². The summed E-state index contributed by atoms with van der Waals surface area (Å²) >= 11 is 0. The normalized spacial score (nSPS) is 11.3. The molecule has 0 aliphatic heterocycles. The molecule has 0 N–H and O–H groups in total. The van der Waals surface area contributed by atoms with Gasteiger partial charge >= 0.3 is 23.9 Å². The molecule has 0 aliphatic rings. The van der Waals surface area contributed by atoms with Crippen LogP contribution in [0.25, 0.3) is 0 Å². The van der Waals surface area contributed by atoms with Crippen molar-refractivity contribution in [3.63, 3.8) is 0 Å². The molecule has 4 aromatic carbocycles. The van der Waals surface area contributed by atoms with Crippen LogP contribution in [-0.2, 0) is 67.0 Å². The predicted octanol–water partition coefficient (Wildman–Crippen LogP) is 19.5. The molecule has 13 heteroatoms. The first-order valence-electron chi connectivity index (χ1n) is 36.3. The summed E-state index contributed by atoms with van der Waals surface area (Å²) in [7, 11) is 0. The maximum absolute atomic E-state index is 11.3. The molecule has 520 valence electrons. The van der Waals surface area contributed by atoms with Gasteiger partial charge in [-0.15, -0.1) is 0 Å². The molecule has 0 saturated heterocycles. The fourth-order valence-corrected chi connectivity index (χ4v) is 12.7. The number of carboxylic acid groups (broad SMARTS) is 4. The second-order valence-corrected chi connectivity index (χ2v) is 25.3. The Labute approximate surface area is 581 Å². The monoisotopic (exact) mass is 1400 g/mol. The average molecular weight is 1400 g/mol. The van der Waals surface area contributed by atoms with Crippen molar-refractivity contribution in [1.82, 2.24) is 0 Å². The van der Waals surface area contributed by atoms with E-state index in [1.165, 1.54) is 22.3 Å². The third-order valence-corrected chi connectivity index (χ3v) is 17.8. The van der Waals surface area contributed by atoms with Crippen LogP contribution in [0.15, 0.2) is 97.1 Å². The maximum atomic E-state index is 11.3. The third kappa shape index (κ3) is 32.4. The first-order chi connectivity index (χ1) is 44.4. The van der Waals surface area contributed by atoms with Gasteiger partial charge in [0.15, 0.2) is 0 Å². The molecule has 0 radical (unpaired) electrons. The van der Waals surface area contributed by atoms with Gasteiger partial charge in [-0.05, 0) is 147 Å². The van der Waals surface area contributed by atoms with Crippen LogP contribution in [0.3, 0.4) is 0 Å². The number of rotatable bonds is 44. The predicted molar refractivity (Wildman–Crippen MR) is 375 cm³/mol. The van der Waals surface area contributed by atoms with Crippen molar-refractivity contribution in [2.24, 2.45) is 0 Å². The molecule has 0 bridgehead atoms. The molecule has 0 heterocycles. The Hall–Kier alpha value is -5.24. The number of carbonyl (C=O) groups excluding carboxylic acids is 4. The van der Waals surface area contributed by atoms with Crippen LogP contribution in [0.2, 0.25) is 0 Å². The second kappa shape index (κ2) is 52.0. The summed E-state index contributed by atoms with van der Waals surface area (Å²) in [4.78, 5) is 45.2. The van der Waals surface area contributed by atoms with Crippen LogP contribution in [0, 0.1) is 0 Å². The molecule has 0 fully saturated rings. The molecular formula is C80H124O12Sn. The number of ether oxygens (including phenoxy) is 4. The first kappa shape index (κ1) is 87.8. The van der Waals surface area contributed by atoms with Crippen molar-refractivity contribution >= 4 is 48.5 Å². The fraction of sp³-hybridized carbons (Fsp3) is 0.650. The number of hydrogen-bond donors (Lipinski definition) is 0. The number of benzene rings is 4. The number of carbonyl (C=O) groups is 4. The van der Waals surface area contributed by atoms with E-state index in [-0.39, 0.29) is 23.9 Å². The van der Waals surface area contributed by atoms with Crippen LogP contribution in [0.4, 0.5) is 19.2 Å². The van der Waals surface area contributed by atoms with Crippen molar-refractivity contribution in [2.45, 2.75) is 337 Å². The average Bonchev–Trinajstić information content (AvgIpc) is 0.844. The molecule has 12 nitrogen and oxygen atoms in total. The van der Waals surface area contributed by atoms with E-state index in [2.05, 4.69) is 107 Å². The third-order valence-electron chi connectivity index (χ3n) is 17.8. The Kier molecular flexibility index (Phi) is 49.1. The van der Waals surface area contributed by atoms with Gasteiger partial charge in [-0.2, -0.15) is 0 Å². The van der Waals surface area contributed by atoms with Crippen molar-refractivity contribution in [2.75, 3.05) is 0 Å². The zero-order valence-electron chi connectivity index (χ0n) is 60.1. The minimum Gasteiger partial charge on any atom is -0.538 e. The van der Waals surface area contributed by atoms with Gasteiger partial charge in [0.05, 0.1) is 22.4 Å². The summed E-state index contributed by atoms with van der Waals surface area (Å²) in [5, 5.41) is 45.2. The Morgan fingerprint density at radius 1 is 0.258 bits per heavy atom. The van der Waals surface area contributed by atoms with Gasteiger partial charge in [0, 0.05) is 0 Å². The van der Waals surface area contributed by atoms with Crippen LogP contribution in [-0.4, -0.2) is 48.5 Å². The molecule has 4 rings (SSSR count). The molecule has 0 aromatic heterocycles. The van der Waals surface area contributed by atoms with Gasteiger partial charge in [-0.3, -0.25) is 0 Å². The maximum Gasteiger partial charge on any atom is 4.00 e. The Bertz CT molecular complexity index is 2200. The fourth-order valence-electron chi connectivity index (χ4n) is 12.7. The van der Waals surface area contributed by atoms with E-state index in [9.17, 15) is 39.6 Å². The molecule has 0 saturated carbocycles. The van der Waals surface area contributed by atoms with Gasteiger partial charge in [0.2, 0.25) is 0 Å². The minimum absolute atomic E-state index is 0. The zero-order valence-corrected chi connectivity index (χ0v) is 62.9. The quantitative estimate of drug-likeness (QED) is 0.0231. The van der Waals surface area contributed by atoms with Gasteiger partial charge in [0.25, 0.3) is 24.6 Å². The van der Waals surface area contributed by atoms with Gasteiger partial charge in [0.1, 0.15) is 0 Å². The Morgan fingerprint density at radius 3 is 0.527 bits per heavy atom. The summed E-state index contributed by atoms with van der Waals surface area (Å²) in [5.74, 6) is 0. The van der Waals surface area contributed by atoms with Crippen molar-refractivity contribution in [3.8, 4) is 0 Å². The molecule has 93 heavy (non-hydrogen) atoms. The van der Waals surface area contributed by atoms with Gasteiger partial charge in [-0.1, -0.05) is 309 Å². The molecule has 0 spiro atoms. The number of aryl methyl sites for hydroxylation is 4. The van der Waals surface area contributed by atoms with Gasteiger partial charge in [-0.25, -0.2) is 0 Å². The standard InChI is InChI=1S/4C20H32O3.Sn/c4*1-4-7-12-17-13-10-11-14-18(17)20(15-8-5-2,16-9-6-3)23-19(21)22;/h4*10-11,13-14H,4-9,12,15-16H2,1-3H3,(H,21,22);/q;;;;+4/p-4. The smallest absolute Gasteiger partial charge is 0.538 e. The molecule has 0 unspecified atom stereocenters. The molecule has 0 aliphatic carbocycles. The number of hydrogen-bond acceptors (Lipinski definition) is 12. The van der Waals surface area contributed by atoms with E-state index in [4.69, 9.17) is 18.9 Å². The SMILES string of the molecule is CCCCc1ccccc1C(CCCC)(CCCC)OC(=O)[O-].CCCCc1ccccc1C(CCCC)(CCCC)OC(=O)[O-].CCCCc1ccccc1C(CCCC)(CCCC)OC(=O)[O-].CCCCc1ccccc1C(CCCC)(CCCC)OC(=O)[O-].[Sn+4].